The first kappa shape index (κ1) is 15.4. The fraction of sp³-hybridized carbons (Fsp3) is 0.500. The Kier molecular flexibility index (Phi) is 5.20. The molecular formula is C16H23N3O2. The summed E-state index contributed by atoms with van der Waals surface area (Å²) in [4.78, 5) is 12.4. The summed E-state index contributed by atoms with van der Waals surface area (Å²) < 4.78 is 0. The van der Waals surface area contributed by atoms with Crippen LogP contribution in [0.2, 0.25) is 0 Å². The molecule has 0 saturated carbocycles. The molecule has 1 aromatic rings. The Morgan fingerprint density at radius 1 is 1.48 bits per heavy atom. The SMILES string of the molecule is CCC(C/C(N)=N/O)NC(=O)C1CCc2ccccc2C1. The molecular weight excluding hydrogens is 266 g/mol. The Morgan fingerprint density at radius 2 is 2.19 bits per heavy atom. The summed E-state index contributed by atoms with van der Waals surface area (Å²) in [5.41, 5.74) is 8.14. The number of nitrogens with two attached hydrogens (primary N) is 1. The molecule has 1 aliphatic rings. The van der Waals surface area contributed by atoms with Gasteiger partial charge < -0.3 is 16.3 Å². The standard InChI is InChI=1S/C16H23N3O2/c1-2-14(10-15(17)19-21)18-16(20)13-8-7-11-5-3-4-6-12(11)9-13/h3-6,13-14,21H,2,7-10H2,1H3,(H2,17,19)(H,18,20). The van der Waals surface area contributed by atoms with Crippen LogP contribution in [0.3, 0.4) is 0 Å². The van der Waals surface area contributed by atoms with E-state index in [9.17, 15) is 4.79 Å². The van der Waals surface area contributed by atoms with E-state index in [2.05, 4.69) is 22.6 Å². The third-order valence-electron chi connectivity index (χ3n) is 4.14. The Labute approximate surface area is 125 Å². The molecule has 5 nitrogen and oxygen atoms in total. The summed E-state index contributed by atoms with van der Waals surface area (Å²) in [5.74, 6) is 0.236. The van der Waals surface area contributed by atoms with E-state index in [0.29, 0.717) is 6.42 Å². The van der Waals surface area contributed by atoms with Crippen molar-refractivity contribution in [2.24, 2.45) is 16.8 Å². The number of amides is 1. The summed E-state index contributed by atoms with van der Waals surface area (Å²) in [6.07, 6.45) is 3.75. The van der Waals surface area contributed by atoms with Crippen LogP contribution < -0.4 is 11.1 Å². The third-order valence-corrected chi connectivity index (χ3v) is 4.14. The molecule has 0 aromatic heterocycles. The summed E-state index contributed by atoms with van der Waals surface area (Å²) in [6, 6.07) is 8.22. The number of carbonyl (C=O) groups is 1. The molecule has 0 radical (unpaired) electrons. The highest BCUT2D eigenvalue weighted by molar-refractivity contribution is 5.83. The molecule has 0 bridgehead atoms. The fourth-order valence-electron chi connectivity index (χ4n) is 2.83. The van der Waals surface area contributed by atoms with E-state index in [1.807, 2.05) is 19.1 Å². The maximum absolute atomic E-state index is 12.4. The van der Waals surface area contributed by atoms with Crippen molar-refractivity contribution in [2.45, 2.75) is 45.1 Å². The number of nitrogens with one attached hydrogen (secondary N) is 1. The Morgan fingerprint density at radius 3 is 2.86 bits per heavy atom. The summed E-state index contributed by atoms with van der Waals surface area (Å²) in [6.45, 7) is 1.98. The molecule has 2 atom stereocenters. The molecule has 2 rings (SSSR count). The van der Waals surface area contributed by atoms with Gasteiger partial charge in [0.2, 0.25) is 5.91 Å². The van der Waals surface area contributed by atoms with E-state index in [4.69, 9.17) is 10.9 Å². The number of carbonyl (C=O) groups excluding carboxylic acids is 1. The topological polar surface area (TPSA) is 87.7 Å². The quantitative estimate of drug-likeness (QED) is 0.334. The molecule has 2 unspecified atom stereocenters. The maximum atomic E-state index is 12.4. The Hall–Kier alpha value is -2.04. The van der Waals surface area contributed by atoms with Crippen LogP contribution in [0.5, 0.6) is 0 Å². The van der Waals surface area contributed by atoms with Gasteiger partial charge in [0.1, 0.15) is 5.84 Å². The summed E-state index contributed by atoms with van der Waals surface area (Å²) in [5, 5.41) is 14.6. The van der Waals surface area contributed by atoms with Crippen molar-refractivity contribution in [3.63, 3.8) is 0 Å². The van der Waals surface area contributed by atoms with Crippen molar-refractivity contribution in [3.05, 3.63) is 35.4 Å². The fourth-order valence-corrected chi connectivity index (χ4v) is 2.83. The van der Waals surface area contributed by atoms with Crippen molar-refractivity contribution >= 4 is 11.7 Å². The first-order chi connectivity index (χ1) is 10.1. The van der Waals surface area contributed by atoms with E-state index in [1.165, 1.54) is 11.1 Å². The number of fused-ring (bicyclic) bond motifs is 1. The average molecular weight is 289 g/mol. The second-order valence-corrected chi connectivity index (χ2v) is 5.62. The number of hydrogen-bond acceptors (Lipinski definition) is 3. The average Bonchev–Trinajstić information content (AvgIpc) is 2.53. The van der Waals surface area contributed by atoms with Crippen LogP contribution in [0.1, 0.15) is 37.3 Å². The minimum absolute atomic E-state index is 0.0150. The van der Waals surface area contributed by atoms with Gasteiger partial charge in [0.15, 0.2) is 0 Å². The zero-order chi connectivity index (χ0) is 15.2. The number of benzene rings is 1. The predicted molar refractivity (Wildman–Crippen MR) is 82.2 cm³/mol. The van der Waals surface area contributed by atoms with Gasteiger partial charge in [-0.1, -0.05) is 36.3 Å². The Bertz CT molecular complexity index is 528. The lowest BCUT2D eigenvalue weighted by atomic mass is 9.83. The molecule has 0 aliphatic heterocycles. The number of hydrogen-bond donors (Lipinski definition) is 3. The molecule has 0 fully saturated rings. The molecule has 21 heavy (non-hydrogen) atoms. The molecule has 0 spiro atoms. The van der Waals surface area contributed by atoms with Crippen LogP contribution in [0.4, 0.5) is 0 Å². The molecule has 1 aromatic carbocycles. The van der Waals surface area contributed by atoms with Crippen LogP contribution in [0, 0.1) is 5.92 Å². The van der Waals surface area contributed by atoms with Crippen LogP contribution in [-0.2, 0) is 17.6 Å². The van der Waals surface area contributed by atoms with Gasteiger partial charge >= 0.3 is 0 Å². The minimum atomic E-state index is -0.0782. The van der Waals surface area contributed by atoms with E-state index >= 15 is 0 Å². The van der Waals surface area contributed by atoms with Crippen molar-refractivity contribution in [1.29, 1.82) is 0 Å². The van der Waals surface area contributed by atoms with Gasteiger partial charge in [0.05, 0.1) is 0 Å². The minimum Gasteiger partial charge on any atom is -0.409 e. The van der Waals surface area contributed by atoms with Gasteiger partial charge in [0, 0.05) is 18.4 Å². The van der Waals surface area contributed by atoms with Gasteiger partial charge in [-0.05, 0) is 36.8 Å². The van der Waals surface area contributed by atoms with E-state index in [1.54, 1.807) is 0 Å². The van der Waals surface area contributed by atoms with Gasteiger partial charge in [-0.3, -0.25) is 4.79 Å². The number of aryl methyl sites for hydroxylation is 1. The van der Waals surface area contributed by atoms with Crippen molar-refractivity contribution in [3.8, 4) is 0 Å². The molecule has 1 amide bonds. The second kappa shape index (κ2) is 7.11. The highest BCUT2D eigenvalue weighted by atomic mass is 16.4. The van der Waals surface area contributed by atoms with Crippen molar-refractivity contribution in [1.82, 2.24) is 5.32 Å². The van der Waals surface area contributed by atoms with Crippen LogP contribution >= 0.6 is 0 Å². The van der Waals surface area contributed by atoms with E-state index < -0.39 is 0 Å². The molecule has 4 N–H and O–H groups in total. The number of amidine groups is 1. The zero-order valence-corrected chi connectivity index (χ0v) is 12.4. The normalized spacial score (nSPS) is 19.7. The largest absolute Gasteiger partial charge is 0.409 e. The van der Waals surface area contributed by atoms with Crippen LogP contribution in [0.15, 0.2) is 29.4 Å². The lowest BCUT2D eigenvalue weighted by Gasteiger charge is -2.26. The smallest absolute Gasteiger partial charge is 0.223 e. The monoisotopic (exact) mass is 289 g/mol. The summed E-state index contributed by atoms with van der Waals surface area (Å²) >= 11 is 0. The molecule has 0 saturated heterocycles. The molecule has 0 heterocycles. The first-order valence-corrected chi connectivity index (χ1v) is 7.47. The highest BCUT2D eigenvalue weighted by Gasteiger charge is 2.25. The molecule has 1 aliphatic carbocycles. The van der Waals surface area contributed by atoms with Crippen LogP contribution in [-0.4, -0.2) is 23.0 Å². The highest BCUT2D eigenvalue weighted by Crippen LogP contribution is 2.25. The summed E-state index contributed by atoms with van der Waals surface area (Å²) in [7, 11) is 0. The van der Waals surface area contributed by atoms with Gasteiger partial charge in [0.25, 0.3) is 0 Å². The maximum Gasteiger partial charge on any atom is 0.223 e. The molecule has 114 valence electrons. The van der Waals surface area contributed by atoms with Crippen molar-refractivity contribution < 1.29 is 10.0 Å². The van der Waals surface area contributed by atoms with Gasteiger partial charge in [-0.2, -0.15) is 0 Å². The number of oxime groups is 1. The van der Waals surface area contributed by atoms with Crippen LogP contribution in [0.25, 0.3) is 0 Å². The second-order valence-electron chi connectivity index (χ2n) is 5.62. The van der Waals surface area contributed by atoms with Gasteiger partial charge in [-0.25, -0.2) is 0 Å². The van der Waals surface area contributed by atoms with E-state index in [-0.39, 0.29) is 23.7 Å². The molecule has 5 heteroatoms. The predicted octanol–water partition coefficient (Wildman–Crippen LogP) is 1.82. The van der Waals surface area contributed by atoms with E-state index in [0.717, 1.165) is 25.7 Å². The van der Waals surface area contributed by atoms with Crippen molar-refractivity contribution in [2.75, 3.05) is 0 Å². The number of nitrogens with zero attached hydrogens (tertiary/aromatic N) is 1. The first-order valence-electron chi connectivity index (χ1n) is 7.47. The number of rotatable bonds is 5. The lowest BCUT2D eigenvalue weighted by molar-refractivity contribution is -0.126. The lowest BCUT2D eigenvalue weighted by Crippen LogP contribution is -2.42. The van der Waals surface area contributed by atoms with Gasteiger partial charge in [-0.15, -0.1) is 0 Å². The zero-order valence-electron chi connectivity index (χ0n) is 12.4. The Balaban J connectivity index is 1.95. The third kappa shape index (κ3) is 3.97.